The molecular formula is C14H20IN5S. The number of halogens is 1. The Hall–Kier alpha value is -1.22. The maximum absolute atomic E-state index is 5.83. The molecule has 7 heteroatoms. The van der Waals surface area contributed by atoms with Crippen LogP contribution in [0.3, 0.4) is 0 Å². The van der Waals surface area contributed by atoms with Gasteiger partial charge in [-0.2, -0.15) is 0 Å². The van der Waals surface area contributed by atoms with Crippen molar-refractivity contribution >= 4 is 47.1 Å². The van der Waals surface area contributed by atoms with Crippen LogP contribution in [0.2, 0.25) is 0 Å². The molecule has 0 saturated carbocycles. The van der Waals surface area contributed by atoms with E-state index in [0.717, 1.165) is 10.7 Å². The Kier molecular flexibility index (Phi) is 7.03. The van der Waals surface area contributed by atoms with Gasteiger partial charge in [0.15, 0.2) is 5.96 Å². The van der Waals surface area contributed by atoms with Gasteiger partial charge in [0.25, 0.3) is 0 Å². The molecule has 2 aromatic rings. The molecule has 0 fully saturated rings. The van der Waals surface area contributed by atoms with E-state index in [1.807, 2.05) is 18.2 Å². The number of rotatable bonds is 4. The minimum absolute atomic E-state index is 0. The first-order valence-electron chi connectivity index (χ1n) is 6.50. The number of aryl methyl sites for hydroxylation is 1. The number of nitrogens with zero attached hydrogens (tertiary/aromatic N) is 3. The minimum atomic E-state index is 0. The van der Waals surface area contributed by atoms with Crippen molar-refractivity contribution in [2.24, 2.45) is 10.7 Å². The number of aromatic nitrogens is 2. The predicted molar refractivity (Wildman–Crippen MR) is 99.5 cm³/mol. The molecule has 0 unspecified atom stereocenters. The highest BCUT2D eigenvalue weighted by Crippen LogP contribution is 2.24. The third-order valence-corrected chi connectivity index (χ3v) is 3.70. The predicted octanol–water partition coefficient (Wildman–Crippen LogP) is 3.51. The number of thiazole rings is 1. The first kappa shape index (κ1) is 17.8. The van der Waals surface area contributed by atoms with Gasteiger partial charge in [0.1, 0.15) is 10.8 Å². The fourth-order valence-corrected chi connectivity index (χ4v) is 2.84. The van der Waals surface area contributed by atoms with Crippen LogP contribution in [0.4, 0.5) is 5.82 Å². The van der Waals surface area contributed by atoms with Gasteiger partial charge < -0.3 is 11.1 Å². The van der Waals surface area contributed by atoms with Gasteiger partial charge in [0, 0.05) is 11.1 Å². The number of aliphatic imine (C=N–C) groups is 1. The smallest absolute Gasteiger partial charge is 0.194 e. The molecule has 0 aliphatic rings. The van der Waals surface area contributed by atoms with Crippen molar-refractivity contribution in [2.75, 3.05) is 5.32 Å². The van der Waals surface area contributed by atoms with Gasteiger partial charge in [0.05, 0.1) is 12.2 Å². The number of hydrogen-bond donors (Lipinski definition) is 2. The SMILES string of the molecule is Cc1sc(CN=C(N)Nc2ccccn2)nc1C(C)C.I. The van der Waals surface area contributed by atoms with Gasteiger partial charge >= 0.3 is 0 Å². The van der Waals surface area contributed by atoms with Crippen LogP contribution in [-0.4, -0.2) is 15.9 Å². The molecule has 21 heavy (non-hydrogen) atoms. The Balaban J connectivity index is 0.00000220. The molecule has 0 bridgehead atoms. The summed E-state index contributed by atoms with van der Waals surface area (Å²) in [7, 11) is 0. The zero-order valence-electron chi connectivity index (χ0n) is 12.3. The summed E-state index contributed by atoms with van der Waals surface area (Å²) in [5.41, 5.74) is 6.98. The van der Waals surface area contributed by atoms with Crippen molar-refractivity contribution in [1.29, 1.82) is 0 Å². The maximum Gasteiger partial charge on any atom is 0.194 e. The molecule has 0 saturated heterocycles. The molecule has 0 aliphatic carbocycles. The number of nitrogens with one attached hydrogen (secondary N) is 1. The third-order valence-electron chi connectivity index (χ3n) is 2.73. The highest BCUT2D eigenvalue weighted by atomic mass is 127. The minimum Gasteiger partial charge on any atom is -0.370 e. The second-order valence-electron chi connectivity index (χ2n) is 4.75. The fraction of sp³-hybridized carbons (Fsp3) is 0.357. The van der Waals surface area contributed by atoms with Crippen LogP contribution in [0, 0.1) is 6.92 Å². The van der Waals surface area contributed by atoms with E-state index < -0.39 is 0 Å². The molecule has 0 aliphatic heterocycles. The Morgan fingerprint density at radius 1 is 1.43 bits per heavy atom. The second-order valence-corrected chi connectivity index (χ2v) is 6.03. The Morgan fingerprint density at radius 2 is 2.19 bits per heavy atom. The Labute approximate surface area is 146 Å². The first-order valence-corrected chi connectivity index (χ1v) is 7.32. The van der Waals surface area contributed by atoms with Gasteiger partial charge in [0.2, 0.25) is 0 Å². The van der Waals surface area contributed by atoms with Crippen molar-refractivity contribution in [2.45, 2.75) is 33.2 Å². The van der Waals surface area contributed by atoms with E-state index in [0.29, 0.717) is 24.2 Å². The second kappa shape index (κ2) is 8.28. The zero-order chi connectivity index (χ0) is 14.5. The highest BCUT2D eigenvalue weighted by molar-refractivity contribution is 14.0. The lowest BCUT2D eigenvalue weighted by molar-refractivity contribution is 0.814. The van der Waals surface area contributed by atoms with E-state index in [1.54, 1.807) is 17.5 Å². The lowest BCUT2D eigenvalue weighted by Gasteiger charge is -2.03. The summed E-state index contributed by atoms with van der Waals surface area (Å²) < 4.78 is 0. The van der Waals surface area contributed by atoms with Crippen molar-refractivity contribution in [3.05, 3.63) is 40.0 Å². The molecule has 2 aromatic heterocycles. The lowest BCUT2D eigenvalue weighted by atomic mass is 10.1. The summed E-state index contributed by atoms with van der Waals surface area (Å²) in [5, 5.41) is 3.93. The van der Waals surface area contributed by atoms with Gasteiger partial charge in [-0.25, -0.2) is 15.0 Å². The van der Waals surface area contributed by atoms with Crippen LogP contribution >= 0.6 is 35.3 Å². The van der Waals surface area contributed by atoms with Crippen LogP contribution in [0.5, 0.6) is 0 Å². The van der Waals surface area contributed by atoms with Gasteiger partial charge in [-0.05, 0) is 25.0 Å². The van der Waals surface area contributed by atoms with Gasteiger partial charge in [-0.1, -0.05) is 19.9 Å². The van der Waals surface area contributed by atoms with Crippen molar-refractivity contribution in [3.63, 3.8) is 0 Å². The Bertz CT molecular complexity index is 595. The standard InChI is InChI=1S/C14H19N5S.HI/c1-9(2)13-10(3)20-12(19-13)8-17-14(15)18-11-6-4-5-7-16-11;/h4-7,9H,8H2,1-3H3,(H3,15,16,17,18);1H. The number of anilines is 1. The molecular weight excluding hydrogens is 397 g/mol. The summed E-state index contributed by atoms with van der Waals surface area (Å²) in [6.07, 6.45) is 1.70. The van der Waals surface area contributed by atoms with Gasteiger partial charge in [-0.3, -0.25) is 0 Å². The van der Waals surface area contributed by atoms with Crippen molar-refractivity contribution in [1.82, 2.24) is 9.97 Å². The summed E-state index contributed by atoms with van der Waals surface area (Å²) in [6, 6.07) is 5.58. The van der Waals surface area contributed by atoms with Crippen LogP contribution in [-0.2, 0) is 6.54 Å². The summed E-state index contributed by atoms with van der Waals surface area (Å²) in [4.78, 5) is 14.3. The highest BCUT2D eigenvalue weighted by Gasteiger charge is 2.10. The van der Waals surface area contributed by atoms with E-state index in [-0.39, 0.29) is 24.0 Å². The molecule has 2 heterocycles. The Morgan fingerprint density at radius 3 is 2.76 bits per heavy atom. The van der Waals surface area contributed by atoms with E-state index in [1.165, 1.54) is 4.88 Å². The third kappa shape index (κ3) is 5.24. The number of nitrogens with two attached hydrogens (primary N) is 1. The van der Waals surface area contributed by atoms with Crippen molar-refractivity contribution in [3.8, 4) is 0 Å². The molecule has 0 atom stereocenters. The van der Waals surface area contributed by atoms with E-state index in [2.05, 4.69) is 41.0 Å². The molecule has 0 aromatic carbocycles. The van der Waals surface area contributed by atoms with E-state index in [9.17, 15) is 0 Å². The topological polar surface area (TPSA) is 76.2 Å². The molecule has 3 N–H and O–H groups in total. The largest absolute Gasteiger partial charge is 0.370 e. The molecule has 0 radical (unpaired) electrons. The average molecular weight is 417 g/mol. The molecule has 2 rings (SSSR count). The van der Waals surface area contributed by atoms with E-state index in [4.69, 9.17) is 5.73 Å². The molecule has 0 spiro atoms. The van der Waals surface area contributed by atoms with Gasteiger partial charge in [-0.15, -0.1) is 35.3 Å². The van der Waals surface area contributed by atoms with Crippen LogP contribution in [0.1, 0.15) is 35.3 Å². The average Bonchev–Trinajstić information content (AvgIpc) is 2.79. The number of pyridine rings is 1. The lowest BCUT2D eigenvalue weighted by Crippen LogP contribution is -2.23. The van der Waals surface area contributed by atoms with Crippen LogP contribution in [0.15, 0.2) is 29.4 Å². The molecule has 114 valence electrons. The maximum atomic E-state index is 5.83. The number of hydrogen-bond acceptors (Lipinski definition) is 4. The first-order chi connectivity index (χ1) is 9.56. The molecule has 0 amide bonds. The molecule has 5 nitrogen and oxygen atoms in total. The summed E-state index contributed by atoms with van der Waals surface area (Å²) in [5.74, 6) is 1.47. The monoisotopic (exact) mass is 417 g/mol. The quantitative estimate of drug-likeness (QED) is 0.454. The summed E-state index contributed by atoms with van der Waals surface area (Å²) >= 11 is 1.67. The van der Waals surface area contributed by atoms with Crippen LogP contribution in [0.25, 0.3) is 0 Å². The fourth-order valence-electron chi connectivity index (χ4n) is 1.83. The van der Waals surface area contributed by atoms with E-state index >= 15 is 0 Å². The van der Waals surface area contributed by atoms with Crippen molar-refractivity contribution < 1.29 is 0 Å². The zero-order valence-corrected chi connectivity index (χ0v) is 15.5. The number of guanidine groups is 1. The van der Waals surface area contributed by atoms with Crippen LogP contribution < -0.4 is 11.1 Å². The normalized spacial score (nSPS) is 11.3. The summed E-state index contributed by atoms with van der Waals surface area (Å²) in [6.45, 7) is 6.87.